The Kier molecular flexibility index (Phi) is 4.23. The molecular weight excluding hydrogens is 384 g/mol. The van der Waals surface area contributed by atoms with Gasteiger partial charge in [0.2, 0.25) is 0 Å². The number of amides is 2. The van der Waals surface area contributed by atoms with Crippen molar-refractivity contribution in [3.8, 4) is 0 Å². The SMILES string of the molecule is CN(C)C1(c2ccccc2)CC2(CN(c3ccc(C4CC4)cn3)C(=O)N2CC2CC2)C1. The van der Waals surface area contributed by atoms with Gasteiger partial charge < -0.3 is 4.90 Å². The van der Waals surface area contributed by atoms with E-state index in [1.54, 1.807) is 0 Å². The molecule has 0 bridgehead atoms. The van der Waals surface area contributed by atoms with Crippen LogP contribution >= 0.6 is 0 Å². The highest BCUT2D eigenvalue weighted by Gasteiger charge is 2.65. The van der Waals surface area contributed by atoms with Crippen LogP contribution in [0.25, 0.3) is 0 Å². The third kappa shape index (κ3) is 3.08. The van der Waals surface area contributed by atoms with Gasteiger partial charge in [0.15, 0.2) is 0 Å². The van der Waals surface area contributed by atoms with E-state index >= 15 is 0 Å². The number of rotatable bonds is 6. The maximum Gasteiger partial charge on any atom is 0.326 e. The third-order valence-electron chi connectivity index (χ3n) is 8.13. The number of nitrogens with zero attached hydrogens (tertiary/aromatic N) is 4. The van der Waals surface area contributed by atoms with E-state index in [-0.39, 0.29) is 17.1 Å². The van der Waals surface area contributed by atoms with Crippen LogP contribution in [0.1, 0.15) is 55.6 Å². The lowest BCUT2D eigenvalue weighted by atomic mass is 9.58. The van der Waals surface area contributed by atoms with Crippen molar-refractivity contribution in [3.05, 3.63) is 59.8 Å². The van der Waals surface area contributed by atoms with Crippen LogP contribution < -0.4 is 4.90 Å². The molecule has 2 heterocycles. The molecule has 4 aliphatic rings. The van der Waals surface area contributed by atoms with Crippen molar-refractivity contribution in [1.29, 1.82) is 0 Å². The monoisotopic (exact) mass is 416 g/mol. The first-order chi connectivity index (χ1) is 15.0. The van der Waals surface area contributed by atoms with Gasteiger partial charge in [0.25, 0.3) is 0 Å². The van der Waals surface area contributed by atoms with Crippen molar-refractivity contribution in [1.82, 2.24) is 14.8 Å². The lowest BCUT2D eigenvalue weighted by Crippen LogP contribution is -2.67. The number of urea groups is 1. The molecule has 1 spiro atoms. The highest BCUT2D eigenvalue weighted by Crippen LogP contribution is 2.57. The standard InChI is InChI=1S/C26H32N4O/c1-28(2)26(22-6-4-3-5-7-22)16-25(17-26)18-29(24(31)30(25)15-19-8-9-19)23-13-12-21(14-27-23)20-10-11-20/h3-7,12-14,19-20H,8-11,15-18H2,1-2H3. The molecular formula is C26H32N4O. The molecule has 5 heteroatoms. The molecule has 2 amide bonds. The van der Waals surface area contributed by atoms with Crippen LogP contribution in [0.5, 0.6) is 0 Å². The van der Waals surface area contributed by atoms with E-state index in [4.69, 9.17) is 4.98 Å². The fourth-order valence-electron chi connectivity index (χ4n) is 5.89. The zero-order valence-corrected chi connectivity index (χ0v) is 18.6. The smallest absolute Gasteiger partial charge is 0.316 e. The maximum absolute atomic E-state index is 13.6. The van der Waals surface area contributed by atoms with Crippen molar-refractivity contribution in [2.75, 3.05) is 32.1 Å². The zero-order valence-electron chi connectivity index (χ0n) is 18.6. The Morgan fingerprint density at radius 3 is 2.35 bits per heavy atom. The first-order valence-electron chi connectivity index (χ1n) is 11.8. The van der Waals surface area contributed by atoms with Gasteiger partial charge in [0.05, 0.1) is 17.6 Å². The number of pyridine rings is 1. The van der Waals surface area contributed by atoms with Gasteiger partial charge in [-0.1, -0.05) is 36.4 Å². The van der Waals surface area contributed by atoms with Gasteiger partial charge in [0, 0.05) is 12.7 Å². The van der Waals surface area contributed by atoms with Gasteiger partial charge in [-0.15, -0.1) is 0 Å². The summed E-state index contributed by atoms with van der Waals surface area (Å²) in [5.74, 6) is 2.18. The van der Waals surface area contributed by atoms with Crippen LogP contribution in [0.2, 0.25) is 0 Å². The summed E-state index contributed by atoms with van der Waals surface area (Å²) < 4.78 is 0. The van der Waals surface area contributed by atoms with Crippen LogP contribution in [0.4, 0.5) is 10.6 Å². The van der Waals surface area contributed by atoms with Crippen LogP contribution in [0, 0.1) is 5.92 Å². The molecule has 31 heavy (non-hydrogen) atoms. The number of carbonyl (C=O) groups is 1. The molecule has 0 radical (unpaired) electrons. The van der Waals surface area contributed by atoms with E-state index in [0.29, 0.717) is 11.8 Å². The Balaban J connectivity index is 1.31. The summed E-state index contributed by atoms with van der Waals surface area (Å²) in [5.41, 5.74) is 2.56. The molecule has 1 aromatic carbocycles. The molecule has 6 rings (SSSR count). The van der Waals surface area contributed by atoms with E-state index in [2.05, 4.69) is 66.4 Å². The summed E-state index contributed by atoms with van der Waals surface area (Å²) in [4.78, 5) is 24.9. The summed E-state index contributed by atoms with van der Waals surface area (Å²) in [6, 6.07) is 15.2. The van der Waals surface area contributed by atoms with Crippen molar-refractivity contribution in [2.45, 2.75) is 55.5 Å². The van der Waals surface area contributed by atoms with Gasteiger partial charge in [0.1, 0.15) is 5.82 Å². The Labute approximate surface area is 185 Å². The molecule has 3 saturated carbocycles. The molecule has 3 aliphatic carbocycles. The second kappa shape index (κ2) is 6.80. The third-order valence-corrected chi connectivity index (χ3v) is 8.13. The molecule has 1 saturated heterocycles. The van der Waals surface area contributed by atoms with Gasteiger partial charge in [-0.25, -0.2) is 9.78 Å². The largest absolute Gasteiger partial charge is 0.326 e. The second-order valence-corrected chi connectivity index (χ2v) is 10.5. The van der Waals surface area contributed by atoms with E-state index in [1.807, 2.05) is 11.1 Å². The lowest BCUT2D eigenvalue weighted by Gasteiger charge is -2.60. The number of hydrogen-bond donors (Lipinski definition) is 0. The molecule has 2 aromatic rings. The first-order valence-corrected chi connectivity index (χ1v) is 11.8. The molecule has 0 atom stereocenters. The predicted octanol–water partition coefficient (Wildman–Crippen LogP) is 4.60. The topological polar surface area (TPSA) is 39.7 Å². The molecule has 5 nitrogen and oxygen atoms in total. The number of aromatic nitrogens is 1. The Hall–Kier alpha value is -2.40. The summed E-state index contributed by atoms with van der Waals surface area (Å²) >= 11 is 0. The summed E-state index contributed by atoms with van der Waals surface area (Å²) in [6.45, 7) is 1.64. The quantitative estimate of drug-likeness (QED) is 0.691. The van der Waals surface area contributed by atoms with Crippen molar-refractivity contribution >= 4 is 11.8 Å². The Bertz CT molecular complexity index is 972. The Morgan fingerprint density at radius 1 is 1.03 bits per heavy atom. The van der Waals surface area contributed by atoms with E-state index in [1.165, 1.54) is 36.8 Å². The number of benzene rings is 1. The van der Waals surface area contributed by atoms with Crippen molar-refractivity contribution in [2.24, 2.45) is 5.92 Å². The van der Waals surface area contributed by atoms with Crippen LogP contribution in [-0.2, 0) is 5.54 Å². The summed E-state index contributed by atoms with van der Waals surface area (Å²) in [5, 5.41) is 0. The average molecular weight is 417 g/mol. The summed E-state index contributed by atoms with van der Waals surface area (Å²) in [7, 11) is 4.36. The van der Waals surface area contributed by atoms with E-state index in [0.717, 1.165) is 31.7 Å². The van der Waals surface area contributed by atoms with Gasteiger partial charge in [-0.05, 0) is 81.6 Å². The lowest BCUT2D eigenvalue weighted by molar-refractivity contribution is -0.0680. The van der Waals surface area contributed by atoms with E-state index < -0.39 is 0 Å². The fourth-order valence-corrected chi connectivity index (χ4v) is 5.89. The maximum atomic E-state index is 13.6. The average Bonchev–Trinajstić information content (AvgIpc) is 3.67. The summed E-state index contributed by atoms with van der Waals surface area (Å²) in [6.07, 6.45) is 9.00. The number of carbonyl (C=O) groups excluding carboxylic acids is 1. The van der Waals surface area contributed by atoms with Gasteiger partial charge >= 0.3 is 6.03 Å². The van der Waals surface area contributed by atoms with Crippen molar-refractivity contribution < 1.29 is 4.79 Å². The predicted molar refractivity (Wildman–Crippen MR) is 122 cm³/mol. The second-order valence-electron chi connectivity index (χ2n) is 10.5. The normalized spacial score (nSPS) is 30.4. The van der Waals surface area contributed by atoms with Crippen LogP contribution in [-0.4, -0.2) is 53.5 Å². The van der Waals surface area contributed by atoms with Crippen molar-refractivity contribution in [3.63, 3.8) is 0 Å². The van der Waals surface area contributed by atoms with Gasteiger partial charge in [-0.3, -0.25) is 9.80 Å². The molecule has 1 aromatic heterocycles. The minimum atomic E-state index is -0.101. The Morgan fingerprint density at radius 2 is 1.77 bits per heavy atom. The molecule has 0 unspecified atom stereocenters. The minimum Gasteiger partial charge on any atom is -0.316 e. The molecule has 0 N–H and O–H groups in total. The molecule has 1 aliphatic heterocycles. The first kappa shape index (κ1) is 19.3. The zero-order chi connectivity index (χ0) is 21.2. The number of anilines is 1. The minimum absolute atomic E-state index is 0.0113. The van der Waals surface area contributed by atoms with E-state index in [9.17, 15) is 4.79 Å². The highest BCUT2D eigenvalue weighted by molar-refractivity contribution is 5.95. The van der Waals surface area contributed by atoms with Crippen LogP contribution in [0.3, 0.4) is 0 Å². The molecule has 162 valence electrons. The molecule has 4 fully saturated rings. The van der Waals surface area contributed by atoms with Gasteiger partial charge in [-0.2, -0.15) is 0 Å². The number of hydrogen-bond acceptors (Lipinski definition) is 3. The highest BCUT2D eigenvalue weighted by atomic mass is 16.2. The fraction of sp³-hybridized carbons (Fsp3) is 0.538. The van der Waals surface area contributed by atoms with Crippen LogP contribution in [0.15, 0.2) is 48.7 Å².